The van der Waals surface area contributed by atoms with Crippen LogP contribution in [0.3, 0.4) is 0 Å². The van der Waals surface area contributed by atoms with Crippen LogP contribution in [0.25, 0.3) is 0 Å². The lowest BCUT2D eigenvalue weighted by Gasteiger charge is -2.04. The summed E-state index contributed by atoms with van der Waals surface area (Å²) in [4.78, 5) is 14.7. The van der Waals surface area contributed by atoms with Crippen molar-refractivity contribution in [2.24, 2.45) is 0 Å². The fourth-order valence-corrected chi connectivity index (χ4v) is 1.84. The molecule has 2 N–H and O–H groups in total. The van der Waals surface area contributed by atoms with E-state index in [4.69, 9.17) is 5.26 Å². The number of rotatable bonds is 3. The molecule has 0 spiro atoms. The summed E-state index contributed by atoms with van der Waals surface area (Å²) >= 11 is 3.27. The van der Waals surface area contributed by atoms with Gasteiger partial charge < -0.3 is 10.3 Å². The number of nitriles is 1. The molecule has 0 saturated heterocycles. The van der Waals surface area contributed by atoms with Gasteiger partial charge in [-0.15, -0.1) is 0 Å². The Morgan fingerprint density at radius 2 is 2.11 bits per heavy atom. The Labute approximate surface area is 113 Å². The van der Waals surface area contributed by atoms with Gasteiger partial charge in [-0.1, -0.05) is 12.1 Å². The molecule has 0 aliphatic carbocycles. The smallest absolute Gasteiger partial charge is 0.272 e. The standard InChI is InChI=1S/C13H10BrN3O/c14-10-7-12(16-8-10)13(18)17-11-3-1-9(2-4-11)5-6-15/h1-4,7-8,16H,5H2,(H,17,18). The lowest BCUT2D eigenvalue weighted by atomic mass is 10.1. The first-order valence-electron chi connectivity index (χ1n) is 5.30. The number of benzene rings is 1. The van der Waals surface area contributed by atoms with Crippen LogP contribution in [0, 0.1) is 11.3 Å². The van der Waals surface area contributed by atoms with Crippen LogP contribution in [0.5, 0.6) is 0 Å². The highest BCUT2D eigenvalue weighted by molar-refractivity contribution is 9.10. The van der Waals surface area contributed by atoms with Crippen molar-refractivity contribution in [2.75, 3.05) is 5.32 Å². The third kappa shape index (κ3) is 2.99. The van der Waals surface area contributed by atoms with Crippen LogP contribution in [0.15, 0.2) is 41.0 Å². The fourth-order valence-electron chi connectivity index (χ4n) is 1.49. The van der Waals surface area contributed by atoms with Gasteiger partial charge in [0, 0.05) is 16.4 Å². The highest BCUT2D eigenvalue weighted by atomic mass is 79.9. The second-order valence-corrected chi connectivity index (χ2v) is 4.63. The molecule has 4 nitrogen and oxygen atoms in total. The van der Waals surface area contributed by atoms with Gasteiger partial charge in [0.05, 0.1) is 12.5 Å². The number of aromatic nitrogens is 1. The van der Waals surface area contributed by atoms with Crippen molar-refractivity contribution in [1.82, 2.24) is 4.98 Å². The SMILES string of the molecule is N#CCc1ccc(NC(=O)c2cc(Br)c[nH]2)cc1. The Hall–Kier alpha value is -2.06. The quantitative estimate of drug-likeness (QED) is 0.915. The Morgan fingerprint density at radius 1 is 1.39 bits per heavy atom. The van der Waals surface area contributed by atoms with E-state index in [0.29, 0.717) is 17.8 Å². The van der Waals surface area contributed by atoms with Gasteiger partial charge in [0.2, 0.25) is 0 Å². The summed E-state index contributed by atoms with van der Waals surface area (Å²) in [7, 11) is 0. The lowest BCUT2D eigenvalue weighted by Crippen LogP contribution is -2.12. The topological polar surface area (TPSA) is 68.7 Å². The van der Waals surface area contributed by atoms with Crippen molar-refractivity contribution in [1.29, 1.82) is 5.26 Å². The molecule has 2 rings (SSSR count). The van der Waals surface area contributed by atoms with Gasteiger partial charge in [0.15, 0.2) is 0 Å². The van der Waals surface area contributed by atoms with E-state index < -0.39 is 0 Å². The van der Waals surface area contributed by atoms with E-state index in [-0.39, 0.29) is 5.91 Å². The van der Waals surface area contributed by atoms with Crippen LogP contribution in [0.2, 0.25) is 0 Å². The maximum atomic E-state index is 11.8. The first-order valence-corrected chi connectivity index (χ1v) is 6.09. The van der Waals surface area contributed by atoms with E-state index >= 15 is 0 Å². The first-order chi connectivity index (χ1) is 8.69. The highest BCUT2D eigenvalue weighted by Gasteiger charge is 2.07. The summed E-state index contributed by atoms with van der Waals surface area (Å²) in [6.45, 7) is 0. The fraction of sp³-hybridized carbons (Fsp3) is 0.0769. The summed E-state index contributed by atoms with van der Waals surface area (Å²) < 4.78 is 0.831. The zero-order valence-corrected chi connectivity index (χ0v) is 11.0. The van der Waals surface area contributed by atoms with E-state index in [9.17, 15) is 4.79 Å². The summed E-state index contributed by atoms with van der Waals surface area (Å²) in [6.07, 6.45) is 2.07. The van der Waals surface area contributed by atoms with Gasteiger partial charge >= 0.3 is 0 Å². The van der Waals surface area contributed by atoms with Crippen molar-refractivity contribution in [2.45, 2.75) is 6.42 Å². The predicted octanol–water partition coefficient (Wildman–Crippen LogP) is 3.10. The van der Waals surface area contributed by atoms with E-state index in [2.05, 4.69) is 32.3 Å². The van der Waals surface area contributed by atoms with Crippen molar-refractivity contribution < 1.29 is 4.79 Å². The van der Waals surface area contributed by atoms with Crippen molar-refractivity contribution in [3.63, 3.8) is 0 Å². The van der Waals surface area contributed by atoms with E-state index in [0.717, 1.165) is 10.0 Å². The number of anilines is 1. The maximum absolute atomic E-state index is 11.8. The van der Waals surface area contributed by atoms with Crippen LogP contribution in [0.4, 0.5) is 5.69 Å². The minimum Gasteiger partial charge on any atom is -0.356 e. The molecule has 18 heavy (non-hydrogen) atoms. The van der Waals surface area contributed by atoms with Gasteiger partial charge in [-0.2, -0.15) is 5.26 Å². The zero-order valence-electron chi connectivity index (χ0n) is 9.40. The molecule has 0 radical (unpaired) electrons. The van der Waals surface area contributed by atoms with Crippen LogP contribution < -0.4 is 5.32 Å². The molecule has 1 amide bonds. The number of hydrogen-bond acceptors (Lipinski definition) is 2. The average molecular weight is 304 g/mol. The molecule has 0 fully saturated rings. The number of nitrogens with one attached hydrogen (secondary N) is 2. The normalized spacial score (nSPS) is 9.78. The van der Waals surface area contributed by atoms with E-state index in [1.54, 1.807) is 24.4 Å². The molecular formula is C13H10BrN3O. The Kier molecular flexibility index (Phi) is 3.80. The van der Waals surface area contributed by atoms with Gasteiger partial charge in [-0.05, 0) is 39.7 Å². The molecule has 1 heterocycles. The minimum absolute atomic E-state index is 0.200. The number of aromatic amines is 1. The number of H-pyrrole nitrogens is 1. The first kappa shape index (κ1) is 12.4. The molecule has 5 heteroatoms. The maximum Gasteiger partial charge on any atom is 0.272 e. The van der Waals surface area contributed by atoms with Crippen molar-refractivity contribution in [3.05, 3.63) is 52.3 Å². The van der Waals surface area contributed by atoms with Crippen molar-refractivity contribution >= 4 is 27.5 Å². The molecule has 90 valence electrons. The second kappa shape index (κ2) is 5.52. The van der Waals surface area contributed by atoms with E-state index in [1.165, 1.54) is 0 Å². The van der Waals surface area contributed by atoms with Crippen LogP contribution in [-0.4, -0.2) is 10.9 Å². The third-order valence-corrected chi connectivity index (χ3v) is 2.85. The molecule has 0 aliphatic rings. The summed E-state index contributed by atoms with van der Waals surface area (Å²) in [6, 6.07) is 11.0. The number of amides is 1. The van der Waals surface area contributed by atoms with Crippen LogP contribution >= 0.6 is 15.9 Å². The van der Waals surface area contributed by atoms with Gasteiger partial charge in [0.1, 0.15) is 5.69 Å². The molecule has 2 aromatic rings. The third-order valence-electron chi connectivity index (χ3n) is 2.39. The monoisotopic (exact) mass is 303 g/mol. The summed E-state index contributed by atoms with van der Waals surface area (Å²) in [5, 5.41) is 11.3. The lowest BCUT2D eigenvalue weighted by molar-refractivity contribution is 0.102. The van der Waals surface area contributed by atoms with Gasteiger partial charge in [-0.25, -0.2) is 0 Å². The zero-order chi connectivity index (χ0) is 13.0. The number of halogens is 1. The largest absolute Gasteiger partial charge is 0.356 e. The summed E-state index contributed by atoms with van der Waals surface area (Å²) in [5.41, 5.74) is 2.12. The Balaban J connectivity index is 2.05. The van der Waals surface area contributed by atoms with Crippen LogP contribution in [-0.2, 0) is 6.42 Å². The predicted molar refractivity (Wildman–Crippen MR) is 72.2 cm³/mol. The second-order valence-electron chi connectivity index (χ2n) is 3.72. The number of carbonyl (C=O) groups is 1. The molecule has 0 aliphatic heterocycles. The molecule has 0 unspecified atom stereocenters. The highest BCUT2D eigenvalue weighted by Crippen LogP contribution is 2.14. The number of nitrogens with zero attached hydrogens (tertiary/aromatic N) is 1. The molecule has 0 atom stereocenters. The summed E-state index contributed by atoms with van der Waals surface area (Å²) in [5.74, 6) is -0.200. The minimum atomic E-state index is -0.200. The molecule has 0 bridgehead atoms. The Morgan fingerprint density at radius 3 is 2.67 bits per heavy atom. The number of hydrogen-bond donors (Lipinski definition) is 2. The van der Waals surface area contributed by atoms with Gasteiger partial charge in [-0.3, -0.25) is 4.79 Å². The number of carbonyl (C=O) groups excluding carboxylic acids is 1. The average Bonchev–Trinajstić information content (AvgIpc) is 2.79. The molecule has 0 saturated carbocycles. The Bertz CT molecular complexity index is 595. The molecule has 1 aromatic carbocycles. The molecule has 1 aromatic heterocycles. The molecular weight excluding hydrogens is 294 g/mol. The van der Waals surface area contributed by atoms with Crippen LogP contribution in [0.1, 0.15) is 16.1 Å². The van der Waals surface area contributed by atoms with E-state index in [1.807, 2.05) is 12.1 Å². The van der Waals surface area contributed by atoms with Crippen molar-refractivity contribution in [3.8, 4) is 6.07 Å². The van der Waals surface area contributed by atoms with Gasteiger partial charge in [0.25, 0.3) is 5.91 Å².